The lowest BCUT2D eigenvalue weighted by Gasteiger charge is -2.17. The van der Waals surface area contributed by atoms with Crippen LogP contribution < -0.4 is 10.5 Å². The zero-order valence-corrected chi connectivity index (χ0v) is 18.9. The Hall–Kier alpha value is -3.18. The van der Waals surface area contributed by atoms with Crippen molar-refractivity contribution in [2.45, 2.75) is 57.6 Å². The minimum Gasteiger partial charge on any atom is -0.489 e. The maximum absolute atomic E-state index is 15.3. The first-order chi connectivity index (χ1) is 15.9. The first-order valence-electron chi connectivity index (χ1n) is 11.5. The van der Waals surface area contributed by atoms with Gasteiger partial charge in [0.15, 0.2) is 0 Å². The average Bonchev–Trinajstić information content (AvgIpc) is 3.33. The minimum atomic E-state index is -0.902. The van der Waals surface area contributed by atoms with Crippen LogP contribution in [0.5, 0.6) is 5.75 Å². The number of carbonyl (C=O) groups is 1. The van der Waals surface area contributed by atoms with Crippen LogP contribution in [0.4, 0.5) is 4.39 Å². The van der Waals surface area contributed by atoms with E-state index in [9.17, 15) is 9.90 Å². The van der Waals surface area contributed by atoms with Crippen molar-refractivity contribution in [1.82, 2.24) is 0 Å². The molecule has 172 valence electrons. The van der Waals surface area contributed by atoms with E-state index >= 15 is 4.39 Å². The Bertz CT molecular complexity index is 1140. The van der Waals surface area contributed by atoms with Crippen molar-refractivity contribution in [3.05, 3.63) is 88.7 Å². The van der Waals surface area contributed by atoms with Crippen LogP contribution in [0.3, 0.4) is 0 Å². The van der Waals surface area contributed by atoms with E-state index in [1.54, 1.807) is 37.3 Å². The van der Waals surface area contributed by atoms with Gasteiger partial charge in [0.1, 0.15) is 18.2 Å². The molecule has 0 saturated heterocycles. The Balaban J connectivity index is 1.69. The van der Waals surface area contributed by atoms with Gasteiger partial charge in [-0.15, -0.1) is 0 Å². The summed E-state index contributed by atoms with van der Waals surface area (Å²) in [4.78, 5) is 11.2. The predicted octanol–water partition coefficient (Wildman–Crippen LogP) is 6.38. The van der Waals surface area contributed by atoms with E-state index in [1.165, 1.54) is 18.4 Å². The molecule has 4 rings (SSSR count). The molecule has 1 aliphatic rings. The Kier molecular flexibility index (Phi) is 7.09. The van der Waals surface area contributed by atoms with Crippen molar-refractivity contribution in [1.29, 1.82) is 0 Å². The number of hydrogen-bond donors (Lipinski definition) is 2. The van der Waals surface area contributed by atoms with Crippen LogP contribution in [0.15, 0.2) is 60.7 Å². The molecule has 0 heterocycles. The number of carboxylic acid groups (broad SMARTS) is 1. The molecular weight excluding hydrogens is 417 g/mol. The van der Waals surface area contributed by atoms with Gasteiger partial charge in [0, 0.05) is 22.7 Å². The van der Waals surface area contributed by atoms with Crippen molar-refractivity contribution in [3.8, 4) is 16.9 Å². The predicted molar refractivity (Wildman–Crippen MR) is 128 cm³/mol. The van der Waals surface area contributed by atoms with E-state index in [4.69, 9.17) is 10.5 Å². The summed E-state index contributed by atoms with van der Waals surface area (Å²) in [6.07, 6.45) is 4.58. The summed E-state index contributed by atoms with van der Waals surface area (Å²) in [6, 6.07) is 18.4. The number of aliphatic carboxylic acids is 1. The highest BCUT2D eigenvalue weighted by Gasteiger charge is 2.20. The number of rotatable bonds is 8. The van der Waals surface area contributed by atoms with Crippen molar-refractivity contribution in [3.63, 3.8) is 0 Å². The van der Waals surface area contributed by atoms with Gasteiger partial charge < -0.3 is 15.6 Å². The zero-order valence-electron chi connectivity index (χ0n) is 18.9. The van der Waals surface area contributed by atoms with E-state index in [0.29, 0.717) is 28.4 Å². The summed E-state index contributed by atoms with van der Waals surface area (Å²) in [5.74, 6) is -0.170. The molecule has 0 radical (unpaired) electrons. The number of halogens is 1. The molecule has 1 atom stereocenters. The number of nitrogens with two attached hydrogens (primary N) is 1. The quantitative estimate of drug-likeness (QED) is 0.420. The van der Waals surface area contributed by atoms with Crippen LogP contribution in [0, 0.1) is 5.82 Å². The molecule has 3 aromatic carbocycles. The van der Waals surface area contributed by atoms with Gasteiger partial charge in [-0.05, 0) is 54.5 Å². The largest absolute Gasteiger partial charge is 0.489 e. The molecule has 33 heavy (non-hydrogen) atoms. The monoisotopic (exact) mass is 447 g/mol. The van der Waals surface area contributed by atoms with E-state index in [-0.39, 0.29) is 18.8 Å². The summed E-state index contributed by atoms with van der Waals surface area (Å²) < 4.78 is 21.4. The Morgan fingerprint density at radius 2 is 1.88 bits per heavy atom. The van der Waals surface area contributed by atoms with Crippen molar-refractivity contribution >= 4 is 5.97 Å². The zero-order chi connectivity index (χ0) is 23.4. The van der Waals surface area contributed by atoms with Gasteiger partial charge in [-0.25, -0.2) is 4.39 Å². The highest BCUT2D eigenvalue weighted by molar-refractivity contribution is 5.71. The molecule has 1 fully saturated rings. The van der Waals surface area contributed by atoms with E-state index in [2.05, 4.69) is 12.1 Å². The highest BCUT2D eigenvalue weighted by Crippen LogP contribution is 2.37. The molecule has 1 aliphatic carbocycles. The number of para-hydroxylation sites is 1. The third kappa shape index (κ3) is 5.42. The van der Waals surface area contributed by atoms with Crippen molar-refractivity contribution in [2.75, 3.05) is 0 Å². The lowest BCUT2D eigenvalue weighted by Crippen LogP contribution is -2.08. The second-order valence-corrected chi connectivity index (χ2v) is 8.91. The molecule has 4 nitrogen and oxygen atoms in total. The molecule has 0 aromatic heterocycles. The SMILES string of the molecule is CC(N)c1cccc(-c2cc(COc3ccccc3CC(=O)O)cc(C3CCCC3)c2)c1F. The molecule has 3 aromatic rings. The van der Waals surface area contributed by atoms with Crippen LogP contribution in [0.2, 0.25) is 0 Å². The second kappa shape index (κ2) is 10.2. The van der Waals surface area contributed by atoms with Crippen LogP contribution in [0.1, 0.15) is 66.8 Å². The summed E-state index contributed by atoms with van der Waals surface area (Å²) in [7, 11) is 0. The van der Waals surface area contributed by atoms with E-state index in [0.717, 1.165) is 24.0 Å². The Morgan fingerprint density at radius 3 is 2.61 bits per heavy atom. The second-order valence-electron chi connectivity index (χ2n) is 8.91. The van der Waals surface area contributed by atoms with Crippen molar-refractivity contribution in [2.24, 2.45) is 5.73 Å². The maximum atomic E-state index is 15.3. The third-order valence-electron chi connectivity index (χ3n) is 6.38. The van der Waals surface area contributed by atoms with E-state index < -0.39 is 12.0 Å². The molecule has 5 heteroatoms. The molecule has 0 bridgehead atoms. The fourth-order valence-electron chi connectivity index (χ4n) is 4.69. The van der Waals surface area contributed by atoms with Crippen LogP contribution in [0.25, 0.3) is 11.1 Å². The minimum absolute atomic E-state index is 0.0984. The standard InChI is InChI=1S/C28H30FNO3/c1-18(30)24-10-6-11-25(28(24)29)23-14-19(13-22(15-23)20-7-2-3-8-20)17-33-26-12-5-4-9-21(26)16-27(31)32/h4-6,9-15,18,20H,2-3,7-8,16-17,30H2,1H3,(H,31,32). The van der Waals surface area contributed by atoms with Gasteiger partial charge in [0.2, 0.25) is 0 Å². The number of carboxylic acids is 1. The van der Waals surface area contributed by atoms with E-state index in [1.807, 2.05) is 18.2 Å². The average molecular weight is 448 g/mol. The van der Waals surface area contributed by atoms with Gasteiger partial charge >= 0.3 is 5.97 Å². The lowest BCUT2D eigenvalue weighted by molar-refractivity contribution is -0.136. The number of benzene rings is 3. The smallest absolute Gasteiger partial charge is 0.307 e. The lowest BCUT2D eigenvalue weighted by atomic mass is 9.91. The van der Waals surface area contributed by atoms with Crippen LogP contribution in [-0.2, 0) is 17.8 Å². The number of hydrogen-bond acceptors (Lipinski definition) is 3. The topological polar surface area (TPSA) is 72.5 Å². The van der Waals surface area contributed by atoms with Gasteiger partial charge in [-0.2, -0.15) is 0 Å². The van der Waals surface area contributed by atoms with Crippen molar-refractivity contribution < 1.29 is 19.0 Å². The molecule has 1 saturated carbocycles. The van der Waals surface area contributed by atoms with Crippen LogP contribution >= 0.6 is 0 Å². The molecule has 3 N–H and O–H groups in total. The molecule has 0 amide bonds. The Morgan fingerprint density at radius 1 is 1.12 bits per heavy atom. The summed E-state index contributed by atoms with van der Waals surface area (Å²) in [6.45, 7) is 2.06. The fraction of sp³-hybridized carbons (Fsp3) is 0.321. The molecule has 0 aliphatic heterocycles. The molecular formula is C28H30FNO3. The summed E-state index contributed by atoms with van der Waals surface area (Å²) in [5.41, 5.74) is 10.6. The van der Waals surface area contributed by atoms with Gasteiger partial charge in [-0.3, -0.25) is 4.79 Å². The first kappa shape index (κ1) is 23.0. The highest BCUT2D eigenvalue weighted by atomic mass is 19.1. The number of ether oxygens (including phenoxy) is 1. The maximum Gasteiger partial charge on any atom is 0.307 e. The molecule has 0 spiro atoms. The molecule has 1 unspecified atom stereocenters. The normalized spacial score (nSPS) is 14.9. The summed E-state index contributed by atoms with van der Waals surface area (Å²) in [5, 5.41) is 9.18. The van der Waals surface area contributed by atoms with Gasteiger partial charge in [0.05, 0.1) is 6.42 Å². The van der Waals surface area contributed by atoms with Crippen LogP contribution in [-0.4, -0.2) is 11.1 Å². The first-order valence-corrected chi connectivity index (χ1v) is 11.5. The van der Waals surface area contributed by atoms with Gasteiger partial charge in [-0.1, -0.05) is 61.4 Å². The third-order valence-corrected chi connectivity index (χ3v) is 6.38. The summed E-state index contributed by atoms with van der Waals surface area (Å²) >= 11 is 0. The van der Waals surface area contributed by atoms with Gasteiger partial charge in [0.25, 0.3) is 0 Å². The fourth-order valence-corrected chi connectivity index (χ4v) is 4.69. The Labute approximate surface area is 194 Å².